The van der Waals surface area contributed by atoms with Gasteiger partial charge < -0.3 is 9.88 Å². The van der Waals surface area contributed by atoms with Gasteiger partial charge in [0.25, 0.3) is 5.56 Å². The Labute approximate surface area is 188 Å². The summed E-state index contributed by atoms with van der Waals surface area (Å²) in [4.78, 5) is 20.0. The highest BCUT2D eigenvalue weighted by molar-refractivity contribution is 5.96. The topological polar surface area (TPSA) is 57.2 Å². The van der Waals surface area contributed by atoms with Gasteiger partial charge in [0, 0.05) is 49.3 Å². The van der Waals surface area contributed by atoms with Gasteiger partial charge >= 0.3 is 6.18 Å². The molecule has 3 heterocycles. The van der Waals surface area contributed by atoms with E-state index in [9.17, 15) is 18.0 Å². The molecule has 0 aromatic heterocycles. The maximum atomic E-state index is 14.2. The minimum atomic E-state index is -4.54. The average Bonchev–Trinajstić information content (AvgIpc) is 3.15. The van der Waals surface area contributed by atoms with Gasteiger partial charge in [0.2, 0.25) is 0 Å². The molecule has 1 N–H and O–H groups in total. The molecule has 2 aromatic rings. The fourth-order valence-corrected chi connectivity index (χ4v) is 4.51. The van der Waals surface area contributed by atoms with Gasteiger partial charge in [-0.2, -0.15) is 23.0 Å². The Kier molecular flexibility index (Phi) is 5.16. The van der Waals surface area contributed by atoms with E-state index in [1.165, 1.54) is 16.9 Å². The van der Waals surface area contributed by atoms with Gasteiger partial charge in [-0.05, 0) is 38.1 Å². The minimum absolute atomic E-state index is 0.152. The average molecular weight is 455 g/mol. The maximum absolute atomic E-state index is 14.2. The summed E-state index contributed by atoms with van der Waals surface area (Å²) in [6.07, 6.45) is -3.01. The van der Waals surface area contributed by atoms with Crippen LogP contribution in [0.25, 0.3) is 27.8 Å². The molecule has 2 aromatic carbocycles. The van der Waals surface area contributed by atoms with Gasteiger partial charge in [-0.15, -0.1) is 0 Å². The van der Waals surface area contributed by atoms with Crippen LogP contribution in [0.4, 0.5) is 18.9 Å². The van der Waals surface area contributed by atoms with Crippen molar-refractivity contribution in [3.63, 3.8) is 0 Å². The zero-order chi connectivity index (χ0) is 23.3. The number of halogens is 3. The Balaban J connectivity index is 1.66. The number of aromatic amines is 1. The van der Waals surface area contributed by atoms with Gasteiger partial charge in [-0.3, -0.25) is 9.69 Å². The molecule has 33 heavy (non-hydrogen) atoms. The van der Waals surface area contributed by atoms with Gasteiger partial charge in [0.15, 0.2) is 0 Å². The largest absolute Gasteiger partial charge is 0.418 e. The number of hydrogen-bond acceptors (Lipinski definition) is 4. The van der Waals surface area contributed by atoms with Gasteiger partial charge in [0.1, 0.15) is 5.69 Å². The molecule has 0 atom stereocenters. The number of pyridine rings is 1. The first-order valence-electron chi connectivity index (χ1n) is 10.9. The number of alkyl halides is 3. The summed E-state index contributed by atoms with van der Waals surface area (Å²) in [7, 11) is 0. The third-order valence-electron chi connectivity index (χ3n) is 6.33. The maximum Gasteiger partial charge on any atom is 0.418 e. The zero-order valence-corrected chi connectivity index (χ0v) is 18.4. The van der Waals surface area contributed by atoms with E-state index in [1.54, 1.807) is 29.2 Å². The van der Waals surface area contributed by atoms with E-state index >= 15 is 0 Å². The van der Waals surface area contributed by atoms with Crippen molar-refractivity contribution in [2.45, 2.75) is 26.1 Å². The molecule has 0 amide bonds. The summed E-state index contributed by atoms with van der Waals surface area (Å²) in [6.45, 7) is 6.62. The number of hydrogen-bond donors (Lipinski definition) is 1. The second-order valence-corrected chi connectivity index (χ2v) is 8.63. The van der Waals surface area contributed by atoms with E-state index < -0.39 is 11.7 Å². The van der Waals surface area contributed by atoms with Crippen molar-refractivity contribution in [1.29, 1.82) is 0 Å². The van der Waals surface area contributed by atoms with Crippen molar-refractivity contribution in [2.24, 2.45) is 0 Å². The van der Waals surface area contributed by atoms with Crippen LogP contribution >= 0.6 is 0 Å². The molecule has 6 nitrogen and oxygen atoms in total. The quantitative estimate of drug-likeness (QED) is 0.499. The summed E-state index contributed by atoms with van der Waals surface area (Å²) in [5.74, 6) is 0. The molecule has 0 saturated carbocycles. The molecular weight excluding hydrogens is 431 g/mol. The van der Waals surface area contributed by atoms with Crippen LogP contribution in [0.3, 0.4) is 0 Å². The predicted octanol–water partition coefficient (Wildman–Crippen LogP) is 4.37. The van der Waals surface area contributed by atoms with Crippen LogP contribution in [0, 0.1) is 0 Å². The van der Waals surface area contributed by atoms with E-state index in [0.717, 1.165) is 6.07 Å². The second kappa shape index (κ2) is 7.91. The van der Waals surface area contributed by atoms with E-state index in [2.05, 4.69) is 28.8 Å². The summed E-state index contributed by atoms with van der Waals surface area (Å²) in [6, 6.07) is 11.8. The number of rotatable bonds is 3. The van der Waals surface area contributed by atoms with Crippen molar-refractivity contribution in [2.75, 3.05) is 31.1 Å². The SMILES string of the molecule is CC(C)N1CCN(c2cc3[nH]cc4c(=O)n(-c5ccccc5)nc-4c3cc2C(F)(F)F)CC1. The van der Waals surface area contributed by atoms with Crippen LogP contribution in [-0.4, -0.2) is 51.9 Å². The molecule has 9 heteroatoms. The fourth-order valence-electron chi connectivity index (χ4n) is 4.51. The Hall–Kier alpha value is -3.33. The number of para-hydroxylation sites is 1. The third kappa shape index (κ3) is 3.76. The van der Waals surface area contributed by atoms with Gasteiger partial charge in [-0.25, -0.2) is 0 Å². The highest BCUT2D eigenvalue weighted by Gasteiger charge is 2.37. The highest BCUT2D eigenvalue weighted by Crippen LogP contribution is 2.41. The standard InChI is InChI=1S/C24H24F3N5O/c1-15(2)30-8-10-31(11-9-30)21-13-20-17(12-19(21)24(25,26)27)22-18(14-28-20)23(33)32(29-22)16-6-4-3-5-7-16/h3-7,12-15,28H,8-11H2,1-2H3. The van der Waals surface area contributed by atoms with Crippen LogP contribution in [0.2, 0.25) is 0 Å². The monoisotopic (exact) mass is 455 g/mol. The molecule has 0 spiro atoms. The van der Waals surface area contributed by atoms with E-state index in [0.29, 0.717) is 43.4 Å². The molecule has 0 unspecified atom stereocenters. The molecule has 5 rings (SSSR count). The summed E-state index contributed by atoms with van der Waals surface area (Å²) >= 11 is 0. The number of anilines is 1. The number of H-pyrrole nitrogens is 1. The highest BCUT2D eigenvalue weighted by atomic mass is 19.4. The Bertz CT molecular complexity index is 1320. The Morgan fingerprint density at radius 1 is 1.03 bits per heavy atom. The lowest BCUT2D eigenvalue weighted by molar-refractivity contribution is -0.137. The predicted molar refractivity (Wildman–Crippen MR) is 122 cm³/mol. The van der Waals surface area contributed by atoms with Crippen molar-refractivity contribution in [1.82, 2.24) is 19.7 Å². The van der Waals surface area contributed by atoms with Crippen LogP contribution in [0.15, 0.2) is 53.5 Å². The van der Waals surface area contributed by atoms with Crippen molar-refractivity contribution < 1.29 is 13.2 Å². The van der Waals surface area contributed by atoms with Crippen LogP contribution in [0.1, 0.15) is 19.4 Å². The second-order valence-electron chi connectivity index (χ2n) is 8.63. The molecule has 172 valence electrons. The van der Waals surface area contributed by atoms with Crippen molar-refractivity contribution in [3.8, 4) is 16.9 Å². The lowest BCUT2D eigenvalue weighted by Crippen LogP contribution is -2.49. The van der Waals surface area contributed by atoms with Crippen molar-refractivity contribution >= 4 is 16.6 Å². The lowest BCUT2D eigenvalue weighted by atomic mass is 10.0. The van der Waals surface area contributed by atoms with Crippen LogP contribution in [-0.2, 0) is 6.18 Å². The van der Waals surface area contributed by atoms with Crippen molar-refractivity contribution in [3.05, 3.63) is 64.6 Å². The molecular formula is C24H24F3N5O. The Morgan fingerprint density at radius 2 is 1.73 bits per heavy atom. The smallest absolute Gasteiger partial charge is 0.368 e. The van der Waals surface area contributed by atoms with E-state index in [4.69, 9.17) is 0 Å². The molecule has 3 aliphatic rings. The van der Waals surface area contributed by atoms with Crippen LogP contribution < -0.4 is 10.5 Å². The van der Waals surface area contributed by atoms with E-state index in [1.807, 2.05) is 6.07 Å². The minimum Gasteiger partial charge on any atom is -0.368 e. The number of benzene rings is 2. The molecule has 1 saturated heterocycles. The Morgan fingerprint density at radius 3 is 2.36 bits per heavy atom. The fraction of sp³-hybridized carbons (Fsp3) is 0.333. The summed E-state index contributed by atoms with van der Waals surface area (Å²) in [5, 5.41) is 4.68. The first kappa shape index (κ1) is 21.5. The first-order valence-corrected chi connectivity index (χ1v) is 10.9. The lowest BCUT2D eigenvalue weighted by Gasteiger charge is -2.39. The summed E-state index contributed by atoms with van der Waals surface area (Å²) < 4.78 is 43.7. The van der Waals surface area contributed by atoms with Gasteiger partial charge in [-0.1, -0.05) is 18.2 Å². The third-order valence-corrected chi connectivity index (χ3v) is 6.33. The normalized spacial score (nSPS) is 15.8. The first-order chi connectivity index (χ1) is 15.7. The number of nitrogens with one attached hydrogen (secondary N) is 1. The molecule has 1 fully saturated rings. The number of aromatic nitrogens is 3. The van der Waals surface area contributed by atoms with Gasteiger partial charge in [0.05, 0.1) is 22.5 Å². The number of nitrogens with zero attached hydrogens (tertiary/aromatic N) is 4. The number of piperazine rings is 1. The van der Waals surface area contributed by atoms with Crippen LogP contribution in [0.5, 0.6) is 0 Å². The molecule has 0 bridgehead atoms. The summed E-state index contributed by atoms with van der Waals surface area (Å²) in [5.41, 5.74) is 0.625. The van der Waals surface area contributed by atoms with E-state index in [-0.39, 0.29) is 27.9 Å². The molecule has 3 aliphatic heterocycles. The number of fused-ring (bicyclic) bond motifs is 3. The molecule has 0 aliphatic carbocycles. The molecule has 0 radical (unpaired) electrons. The zero-order valence-electron chi connectivity index (χ0n) is 18.4.